The molecule has 0 radical (unpaired) electrons. The average molecular weight is 301 g/mol. The number of rotatable bonds is 4. The van der Waals surface area contributed by atoms with Crippen LogP contribution in [-0.4, -0.2) is 26.0 Å². The predicted octanol–water partition coefficient (Wildman–Crippen LogP) is 2.36. The van der Waals surface area contributed by atoms with E-state index >= 15 is 0 Å². The summed E-state index contributed by atoms with van der Waals surface area (Å²) < 4.78 is 24.0. The molecule has 0 amide bonds. The second-order valence-electron chi connectivity index (χ2n) is 5.57. The Kier molecular flexibility index (Phi) is 4.08. The van der Waals surface area contributed by atoms with Gasteiger partial charge < -0.3 is 5.32 Å². The monoisotopic (exact) mass is 301 g/mol. The second kappa shape index (κ2) is 6.00. The molecular weight excluding hydrogens is 282 g/mol. The number of hydrogen-bond acceptors (Lipinski definition) is 3. The van der Waals surface area contributed by atoms with Crippen LogP contribution in [0, 0.1) is 0 Å². The van der Waals surface area contributed by atoms with Crippen molar-refractivity contribution < 1.29 is 8.42 Å². The highest BCUT2D eigenvalue weighted by Crippen LogP contribution is 2.29. The summed E-state index contributed by atoms with van der Waals surface area (Å²) in [5.41, 5.74) is 2.28. The Morgan fingerprint density at radius 3 is 2.19 bits per heavy atom. The van der Waals surface area contributed by atoms with Crippen molar-refractivity contribution in [3.05, 3.63) is 71.8 Å². The Balaban J connectivity index is 1.76. The van der Waals surface area contributed by atoms with Gasteiger partial charge >= 0.3 is 0 Å². The van der Waals surface area contributed by atoms with Gasteiger partial charge in [-0.15, -0.1) is 0 Å². The van der Waals surface area contributed by atoms with E-state index < -0.39 is 9.84 Å². The third-order valence-electron chi connectivity index (χ3n) is 3.99. The molecule has 1 aliphatic rings. The fourth-order valence-corrected chi connectivity index (χ4v) is 4.93. The van der Waals surface area contributed by atoms with Gasteiger partial charge in [-0.25, -0.2) is 8.42 Å². The molecule has 1 saturated heterocycles. The highest BCUT2D eigenvalue weighted by atomic mass is 32.2. The molecule has 0 spiro atoms. The lowest BCUT2D eigenvalue weighted by atomic mass is 9.94. The third kappa shape index (κ3) is 3.52. The molecule has 2 unspecified atom stereocenters. The fraction of sp³-hybridized carbons (Fsp3) is 0.294. The summed E-state index contributed by atoms with van der Waals surface area (Å²) in [6, 6.07) is 20.0. The summed E-state index contributed by atoms with van der Waals surface area (Å²) in [5, 5.41) is 3.42. The predicted molar refractivity (Wildman–Crippen MR) is 84.9 cm³/mol. The zero-order chi connectivity index (χ0) is 14.7. The smallest absolute Gasteiger partial charge is 0.152 e. The minimum absolute atomic E-state index is 0.0161. The largest absolute Gasteiger partial charge is 0.308 e. The summed E-state index contributed by atoms with van der Waals surface area (Å²) in [5.74, 6) is 0.503. The molecule has 1 heterocycles. The van der Waals surface area contributed by atoms with Crippen LogP contribution < -0.4 is 5.32 Å². The minimum Gasteiger partial charge on any atom is -0.308 e. The van der Waals surface area contributed by atoms with Crippen molar-refractivity contribution in [3.63, 3.8) is 0 Å². The fourth-order valence-electron chi connectivity index (χ4n) is 2.92. The number of benzene rings is 2. The minimum atomic E-state index is -2.96. The molecule has 110 valence electrons. The van der Waals surface area contributed by atoms with Crippen LogP contribution in [0.25, 0.3) is 0 Å². The van der Waals surface area contributed by atoms with Gasteiger partial charge in [0.15, 0.2) is 9.84 Å². The summed E-state index contributed by atoms with van der Waals surface area (Å²) in [6.07, 6.45) is 0. The van der Waals surface area contributed by atoms with Crippen LogP contribution >= 0.6 is 0 Å². The molecule has 0 saturated carbocycles. The van der Waals surface area contributed by atoms with Gasteiger partial charge in [0.25, 0.3) is 0 Å². The van der Waals surface area contributed by atoms with Crippen LogP contribution in [0.5, 0.6) is 0 Å². The number of nitrogens with one attached hydrogen (secondary N) is 1. The topological polar surface area (TPSA) is 46.2 Å². The van der Waals surface area contributed by atoms with Crippen molar-refractivity contribution in [2.24, 2.45) is 0 Å². The SMILES string of the molecule is O=S1(=O)CC(NCc2ccccc2)C(c2ccccc2)C1. The Morgan fingerprint density at radius 1 is 0.905 bits per heavy atom. The van der Waals surface area contributed by atoms with Gasteiger partial charge in [0.05, 0.1) is 11.5 Å². The van der Waals surface area contributed by atoms with Crippen LogP contribution in [0.3, 0.4) is 0 Å². The van der Waals surface area contributed by atoms with Gasteiger partial charge in [0, 0.05) is 18.5 Å². The maximum absolute atomic E-state index is 12.0. The number of sulfone groups is 1. The first kappa shape index (κ1) is 14.3. The van der Waals surface area contributed by atoms with E-state index in [1.165, 1.54) is 5.56 Å². The first-order chi connectivity index (χ1) is 10.1. The van der Waals surface area contributed by atoms with E-state index in [0.29, 0.717) is 6.54 Å². The van der Waals surface area contributed by atoms with E-state index in [1.807, 2.05) is 60.7 Å². The maximum Gasteiger partial charge on any atom is 0.152 e. The molecule has 21 heavy (non-hydrogen) atoms. The lowest BCUT2D eigenvalue weighted by molar-refractivity contribution is 0.506. The van der Waals surface area contributed by atoms with Crippen molar-refractivity contribution in [1.82, 2.24) is 5.32 Å². The summed E-state index contributed by atoms with van der Waals surface area (Å²) in [4.78, 5) is 0. The molecule has 1 aliphatic heterocycles. The molecule has 2 atom stereocenters. The maximum atomic E-state index is 12.0. The van der Waals surface area contributed by atoms with Crippen LogP contribution in [0.4, 0.5) is 0 Å². The van der Waals surface area contributed by atoms with Crippen LogP contribution in [0.2, 0.25) is 0 Å². The van der Waals surface area contributed by atoms with E-state index in [9.17, 15) is 8.42 Å². The van der Waals surface area contributed by atoms with Gasteiger partial charge in [-0.2, -0.15) is 0 Å². The van der Waals surface area contributed by atoms with Crippen molar-refractivity contribution >= 4 is 9.84 Å². The third-order valence-corrected chi connectivity index (χ3v) is 5.73. The molecule has 3 nitrogen and oxygen atoms in total. The Morgan fingerprint density at radius 2 is 1.52 bits per heavy atom. The average Bonchev–Trinajstić information content (AvgIpc) is 2.82. The first-order valence-corrected chi connectivity index (χ1v) is 8.99. The summed E-state index contributed by atoms with van der Waals surface area (Å²) in [6.45, 7) is 0.699. The highest BCUT2D eigenvalue weighted by molar-refractivity contribution is 7.91. The van der Waals surface area contributed by atoms with Gasteiger partial charge in [-0.1, -0.05) is 60.7 Å². The van der Waals surface area contributed by atoms with Crippen LogP contribution in [0.1, 0.15) is 17.0 Å². The van der Waals surface area contributed by atoms with E-state index in [2.05, 4.69) is 5.32 Å². The van der Waals surface area contributed by atoms with Crippen molar-refractivity contribution in [1.29, 1.82) is 0 Å². The standard InChI is InChI=1S/C17H19NO2S/c19-21(20)12-16(15-9-5-2-6-10-15)17(13-21)18-11-14-7-3-1-4-8-14/h1-10,16-18H,11-13H2. The molecule has 0 aliphatic carbocycles. The molecular formula is C17H19NO2S. The van der Waals surface area contributed by atoms with Gasteiger partial charge in [0.2, 0.25) is 0 Å². The Hall–Kier alpha value is -1.65. The Labute approximate surface area is 125 Å². The summed E-state index contributed by atoms with van der Waals surface area (Å²) in [7, 11) is -2.96. The molecule has 1 fully saturated rings. The zero-order valence-corrected chi connectivity index (χ0v) is 12.6. The lowest BCUT2D eigenvalue weighted by Crippen LogP contribution is -2.34. The van der Waals surface area contributed by atoms with Crippen LogP contribution in [0.15, 0.2) is 60.7 Å². The van der Waals surface area contributed by atoms with Crippen LogP contribution in [-0.2, 0) is 16.4 Å². The highest BCUT2D eigenvalue weighted by Gasteiger charge is 2.37. The lowest BCUT2D eigenvalue weighted by Gasteiger charge is -2.20. The normalized spacial score (nSPS) is 24.0. The van der Waals surface area contributed by atoms with Gasteiger partial charge in [0.1, 0.15) is 0 Å². The molecule has 4 heteroatoms. The van der Waals surface area contributed by atoms with Crippen molar-refractivity contribution in [2.75, 3.05) is 11.5 Å². The summed E-state index contributed by atoms with van der Waals surface area (Å²) >= 11 is 0. The number of hydrogen-bond donors (Lipinski definition) is 1. The second-order valence-corrected chi connectivity index (χ2v) is 7.72. The van der Waals surface area contributed by atoms with E-state index in [-0.39, 0.29) is 23.5 Å². The molecule has 3 rings (SSSR count). The zero-order valence-electron chi connectivity index (χ0n) is 11.8. The first-order valence-electron chi connectivity index (χ1n) is 7.17. The van der Waals surface area contributed by atoms with Gasteiger partial charge in [-0.05, 0) is 11.1 Å². The molecule has 1 N–H and O–H groups in total. The molecule has 0 aromatic heterocycles. The van der Waals surface area contributed by atoms with E-state index in [0.717, 1.165) is 5.56 Å². The van der Waals surface area contributed by atoms with Crippen molar-refractivity contribution in [2.45, 2.75) is 18.5 Å². The van der Waals surface area contributed by atoms with E-state index in [1.54, 1.807) is 0 Å². The van der Waals surface area contributed by atoms with Crippen molar-refractivity contribution in [3.8, 4) is 0 Å². The molecule has 2 aromatic rings. The molecule has 0 bridgehead atoms. The van der Waals surface area contributed by atoms with Gasteiger partial charge in [-0.3, -0.25) is 0 Å². The Bertz CT molecular complexity index is 683. The van der Waals surface area contributed by atoms with E-state index in [4.69, 9.17) is 0 Å². The quantitative estimate of drug-likeness (QED) is 0.943. The molecule has 2 aromatic carbocycles.